The van der Waals surface area contributed by atoms with Gasteiger partial charge in [0.1, 0.15) is 0 Å². The third kappa shape index (κ3) is 3.33. The van der Waals surface area contributed by atoms with Crippen LogP contribution < -0.4 is 22.5 Å². The van der Waals surface area contributed by atoms with Crippen LogP contribution in [0.4, 0.5) is 0 Å². The van der Waals surface area contributed by atoms with Gasteiger partial charge >= 0.3 is 0 Å². The maximum atomic E-state index is 10.6. The van der Waals surface area contributed by atoms with Crippen LogP contribution in [0.25, 0.3) is 0 Å². The Kier molecular flexibility index (Phi) is 3.86. The minimum Gasteiger partial charge on any atom is -0.294 e. The van der Waals surface area contributed by atoms with Gasteiger partial charge in [-0.2, -0.15) is 0 Å². The van der Waals surface area contributed by atoms with Crippen molar-refractivity contribution >= 4 is 11.8 Å². The van der Waals surface area contributed by atoms with E-state index in [2.05, 4.69) is 6.58 Å². The lowest BCUT2D eigenvalue weighted by molar-refractivity contribution is -0.123. The van der Waals surface area contributed by atoms with Crippen molar-refractivity contribution < 1.29 is 9.59 Å². The molecular formula is C5H10N4O2. The van der Waals surface area contributed by atoms with Crippen molar-refractivity contribution in [1.29, 1.82) is 0 Å². The maximum absolute atomic E-state index is 10.6. The zero-order valence-corrected chi connectivity index (χ0v) is 5.89. The Morgan fingerprint density at radius 3 is 2.18 bits per heavy atom. The van der Waals surface area contributed by atoms with Crippen molar-refractivity contribution in [3.05, 3.63) is 12.2 Å². The summed E-state index contributed by atoms with van der Waals surface area (Å²) in [4.78, 5) is 21.1. The molecule has 0 heterocycles. The van der Waals surface area contributed by atoms with Crippen LogP contribution >= 0.6 is 0 Å². The molecule has 6 heteroatoms. The number of hydrazine groups is 2. The first kappa shape index (κ1) is 9.60. The number of amides is 2. The normalized spacial score (nSPS) is 8.55. The van der Waals surface area contributed by atoms with E-state index in [1.165, 1.54) is 0 Å². The fourth-order valence-electron chi connectivity index (χ4n) is 0.427. The van der Waals surface area contributed by atoms with Crippen LogP contribution in [0.1, 0.15) is 6.42 Å². The molecule has 0 saturated carbocycles. The third-order valence-electron chi connectivity index (χ3n) is 0.987. The van der Waals surface area contributed by atoms with Gasteiger partial charge in [0, 0.05) is 5.57 Å². The quantitative estimate of drug-likeness (QED) is 0.163. The first-order chi connectivity index (χ1) is 5.11. The Morgan fingerprint density at radius 1 is 1.27 bits per heavy atom. The molecule has 11 heavy (non-hydrogen) atoms. The van der Waals surface area contributed by atoms with Gasteiger partial charge in [0.25, 0.3) is 5.91 Å². The highest BCUT2D eigenvalue weighted by Crippen LogP contribution is 1.95. The van der Waals surface area contributed by atoms with Gasteiger partial charge in [-0.3, -0.25) is 20.4 Å². The lowest BCUT2D eigenvalue weighted by Gasteiger charge is -2.01. The van der Waals surface area contributed by atoms with Gasteiger partial charge in [-0.05, 0) is 0 Å². The minimum atomic E-state index is -0.575. The molecule has 0 rings (SSSR count). The molecule has 0 aromatic heterocycles. The topological polar surface area (TPSA) is 110 Å². The van der Waals surface area contributed by atoms with Crippen LogP contribution in [0.3, 0.4) is 0 Å². The van der Waals surface area contributed by atoms with E-state index in [1.807, 2.05) is 10.9 Å². The van der Waals surface area contributed by atoms with Crippen LogP contribution in [-0.4, -0.2) is 11.8 Å². The van der Waals surface area contributed by atoms with Crippen LogP contribution in [0, 0.1) is 0 Å². The molecule has 0 fully saturated rings. The minimum absolute atomic E-state index is 0.0652. The molecule has 2 amide bonds. The van der Waals surface area contributed by atoms with Gasteiger partial charge in [-0.25, -0.2) is 11.7 Å². The van der Waals surface area contributed by atoms with Crippen molar-refractivity contribution in [2.75, 3.05) is 0 Å². The fourth-order valence-corrected chi connectivity index (χ4v) is 0.427. The molecule has 0 atom stereocenters. The standard InChI is InChI=1S/C5H10N4O2/c1-3(5(11)9-7)2-4(10)8-6/h1-2,6-7H2,(H,8,10)(H,9,11). The average Bonchev–Trinajstić information content (AvgIpc) is 2.02. The monoisotopic (exact) mass is 158 g/mol. The second kappa shape index (κ2) is 4.42. The van der Waals surface area contributed by atoms with Crippen molar-refractivity contribution in [2.45, 2.75) is 6.42 Å². The fraction of sp³-hybridized carbons (Fsp3) is 0.200. The number of hydrogen-bond donors (Lipinski definition) is 4. The summed E-state index contributed by atoms with van der Waals surface area (Å²) in [5.41, 5.74) is 3.75. The van der Waals surface area contributed by atoms with Crippen LogP contribution in [0.15, 0.2) is 12.2 Å². The lowest BCUT2D eigenvalue weighted by Crippen LogP contribution is -2.35. The van der Waals surface area contributed by atoms with Crippen LogP contribution in [-0.2, 0) is 9.59 Å². The van der Waals surface area contributed by atoms with Gasteiger partial charge in [0.15, 0.2) is 0 Å². The zero-order chi connectivity index (χ0) is 8.85. The molecule has 0 unspecified atom stereocenters. The number of carbonyl (C=O) groups excluding carboxylic acids is 2. The summed E-state index contributed by atoms with van der Waals surface area (Å²) in [6.07, 6.45) is -0.153. The number of rotatable bonds is 3. The highest BCUT2D eigenvalue weighted by molar-refractivity contribution is 5.97. The van der Waals surface area contributed by atoms with Gasteiger partial charge in [0.2, 0.25) is 5.91 Å². The first-order valence-corrected chi connectivity index (χ1v) is 2.80. The van der Waals surface area contributed by atoms with E-state index >= 15 is 0 Å². The Morgan fingerprint density at radius 2 is 1.82 bits per heavy atom. The van der Waals surface area contributed by atoms with E-state index < -0.39 is 11.8 Å². The molecule has 0 aromatic carbocycles. The van der Waals surface area contributed by atoms with Gasteiger partial charge in [0.05, 0.1) is 6.42 Å². The number of carbonyl (C=O) groups is 2. The van der Waals surface area contributed by atoms with Gasteiger partial charge in [-0.15, -0.1) is 0 Å². The van der Waals surface area contributed by atoms with E-state index in [4.69, 9.17) is 11.7 Å². The van der Waals surface area contributed by atoms with E-state index in [1.54, 1.807) is 0 Å². The summed E-state index contributed by atoms with van der Waals surface area (Å²) < 4.78 is 0. The highest BCUT2D eigenvalue weighted by Gasteiger charge is 2.08. The Balaban J connectivity index is 3.88. The molecule has 62 valence electrons. The SMILES string of the molecule is C=C(CC(=O)NN)C(=O)NN. The molecule has 0 radical (unpaired) electrons. The Hall–Kier alpha value is -1.40. The molecule has 0 bridgehead atoms. The molecule has 0 aromatic rings. The first-order valence-electron chi connectivity index (χ1n) is 2.80. The van der Waals surface area contributed by atoms with Gasteiger partial charge in [-0.1, -0.05) is 6.58 Å². The van der Waals surface area contributed by atoms with Crippen LogP contribution in [0.2, 0.25) is 0 Å². The largest absolute Gasteiger partial charge is 0.294 e. The summed E-state index contributed by atoms with van der Waals surface area (Å²) in [5.74, 6) is 8.46. The van der Waals surface area contributed by atoms with Crippen molar-refractivity contribution in [2.24, 2.45) is 11.7 Å². The zero-order valence-electron chi connectivity index (χ0n) is 5.89. The van der Waals surface area contributed by atoms with E-state index in [9.17, 15) is 9.59 Å². The second-order valence-corrected chi connectivity index (χ2v) is 1.82. The van der Waals surface area contributed by atoms with E-state index in [-0.39, 0.29) is 12.0 Å². The molecule has 0 aliphatic rings. The number of nitrogens with one attached hydrogen (secondary N) is 2. The summed E-state index contributed by atoms with van der Waals surface area (Å²) in [6.45, 7) is 3.30. The molecule has 0 aliphatic carbocycles. The smallest absolute Gasteiger partial charge is 0.261 e. The van der Waals surface area contributed by atoms with Crippen molar-refractivity contribution in [3.8, 4) is 0 Å². The second-order valence-electron chi connectivity index (χ2n) is 1.82. The molecule has 6 nitrogen and oxygen atoms in total. The Bertz CT molecular complexity index is 189. The van der Waals surface area contributed by atoms with Crippen molar-refractivity contribution in [1.82, 2.24) is 10.9 Å². The predicted octanol–water partition coefficient (Wildman–Crippen LogP) is -2.09. The number of nitrogens with two attached hydrogens (primary N) is 2. The summed E-state index contributed by atoms with van der Waals surface area (Å²) in [7, 11) is 0. The van der Waals surface area contributed by atoms with Crippen LogP contribution in [0.5, 0.6) is 0 Å². The highest BCUT2D eigenvalue weighted by atomic mass is 16.2. The van der Waals surface area contributed by atoms with Crippen molar-refractivity contribution in [3.63, 3.8) is 0 Å². The maximum Gasteiger partial charge on any atom is 0.261 e. The third-order valence-corrected chi connectivity index (χ3v) is 0.987. The molecule has 0 aliphatic heterocycles. The van der Waals surface area contributed by atoms with Gasteiger partial charge < -0.3 is 0 Å². The molecule has 0 saturated heterocycles. The molecular weight excluding hydrogens is 148 g/mol. The van der Waals surface area contributed by atoms with E-state index in [0.29, 0.717) is 0 Å². The molecule has 0 spiro atoms. The average molecular weight is 158 g/mol. The van der Waals surface area contributed by atoms with E-state index in [0.717, 1.165) is 0 Å². The Labute approximate surface area is 63.6 Å². The number of hydrogen-bond acceptors (Lipinski definition) is 4. The summed E-state index contributed by atoms with van der Waals surface area (Å²) in [6, 6.07) is 0. The predicted molar refractivity (Wildman–Crippen MR) is 38.4 cm³/mol. The summed E-state index contributed by atoms with van der Waals surface area (Å²) >= 11 is 0. The molecule has 6 N–H and O–H groups in total. The lowest BCUT2D eigenvalue weighted by atomic mass is 10.2. The summed E-state index contributed by atoms with van der Waals surface area (Å²) in [5, 5.41) is 0.